The van der Waals surface area contributed by atoms with E-state index in [0.717, 1.165) is 5.56 Å². The third kappa shape index (κ3) is 1.93. The Hall–Kier alpha value is -2.01. The van der Waals surface area contributed by atoms with Crippen LogP contribution in [0.3, 0.4) is 0 Å². The van der Waals surface area contributed by atoms with Gasteiger partial charge in [-0.3, -0.25) is 9.59 Å². The predicted octanol–water partition coefficient (Wildman–Crippen LogP) is 0.526. The summed E-state index contributed by atoms with van der Waals surface area (Å²) >= 11 is 0. The van der Waals surface area contributed by atoms with Crippen LogP contribution in [0.5, 0.6) is 0 Å². The van der Waals surface area contributed by atoms with Crippen molar-refractivity contribution in [3.8, 4) is 0 Å². The Morgan fingerprint density at radius 2 is 2.06 bits per heavy atom. The van der Waals surface area contributed by atoms with Gasteiger partial charge in [-0.1, -0.05) is 18.2 Å². The zero-order chi connectivity index (χ0) is 13.3. The number of carbonyl (C=O) groups is 3. The van der Waals surface area contributed by atoms with Crippen LogP contribution in [0, 0.1) is 12.8 Å². The normalized spacial score (nSPS) is 17.8. The molecule has 1 aromatic carbocycles. The van der Waals surface area contributed by atoms with Crippen molar-refractivity contribution in [2.24, 2.45) is 5.92 Å². The Bertz CT molecular complexity index is 532. The molecule has 1 atom stereocenters. The first-order chi connectivity index (χ1) is 8.56. The number of aliphatic hydroxyl groups is 1. The quantitative estimate of drug-likeness (QED) is 0.623. The highest BCUT2D eigenvalue weighted by molar-refractivity contribution is 6.27. The molecule has 0 saturated heterocycles. The van der Waals surface area contributed by atoms with E-state index in [2.05, 4.69) is 4.74 Å². The van der Waals surface area contributed by atoms with Crippen molar-refractivity contribution in [2.45, 2.75) is 6.92 Å². The molecule has 0 fully saturated rings. The lowest BCUT2D eigenvalue weighted by Gasteiger charge is -2.07. The molecule has 0 bridgehead atoms. The second-order valence-corrected chi connectivity index (χ2v) is 4.12. The third-order valence-electron chi connectivity index (χ3n) is 2.96. The molecule has 0 spiro atoms. The van der Waals surface area contributed by atoms with Gasteiger partial charge in [-0.25, -0.2) is 4.79 Å². The Morgan fingerprint density at radius 1 is 1.33 bits per heavy atom. The predicted molar refractivity (Wildman–Crippen MR) is 61.4 cm³/mol. The van der Waals surface area contributed by atoms with Crippen LogP contribution in [-0.2, 0) is 9.53 Å². The Kier molecular flexibility index (Phi) is 3.25. The molecule has 0 aliphatic heterocycles. The Labute approximate surface area is 103 Å². The molecule has 0 saturated carbocycles. The summed E-state index contributed by atoms with van der Waals surface area (Å²) in [5.74, 6) is -2.47. The first-order valence-corrected chi connectivity index (χ1v) is 5.50. The number of fused-ring (bicyclic) bond motifs is 1. The number of aliphatic hydroxyl groups excluding tert-OH is 1. The molecule has 0 radical (unpaired) electrons. The first-order valence-electron chi connectivity index (χ1n) is 5.50. The second kappa shape index (κ2) is 4.70. The average molecular weight is 248 g/mol. The number of ketones is 2. The summed E-state index contributed by atoms with van der Waals surface area (Å²) in [6.07, 6.45) is 0. The van der Waals surface area contributed by atoms with Crippen molar-refractivity contribution < 1.29 is 24.2 Å². The third-order valence-corrected chi connectivity index (χ3v) is 2.96. The molecule has 18 heavy (non-hydrogen) atoms. The van der Waals surface area contributed by atoms with Gasteiger partial charge >= 0.3 is 5.97 Å². The SMILES string of the molecule is Cc1cccc2c1C(=O)C(COC(=O)CO)C2=O. The monoisotopic (exact) mass is 248 g/mol. The molecule has 0 aromatic heterocycles. The first kappa shape index (κ1) is 12.4. The lowest BCUT2D eigenvalue weighted by atomic mass is 10.0. The van der Waals surface area contributed by atoms with E-state index in [0.29, 0.717) is 11.1 Å². The van der Waals surface area contributed by atoms with Gasteiger partial charge in [0.15, 0.2) is 11.6 Å². The number of esters is 1. The zero-order valence-corrected chi connectivity index (χ0v) is 9.80. The van der Waals surface area contributed by atoms with Crippen LogP contribution in [-0.4, -0.2) is 35.9 Å². The Morgan fingerprint density at radius 3 is 2.67 bits per heavy atom. The van der Waals surface area contributed by atoms with Crippen molar-refractivity contribution in [2.75, 3.05) is 13.2 Å². The topological polar surface area (TPSA) is 80.7 Å². The molecule has 1 aliphatic carbocycles. The minimum atomic E-state index is -0.975. The molecule has 94 valence electrons. The Balaban J connectivity index is 2.24. The van der Waals surface area contributed by atoms with Crippen molar-refractivity contribution in [3.63, 3.8) is 0 Å². The fourth-order valence-corrected chi connectivity index (χ4v) is 2.05. The van der Waals surface area contributed by atoms with Gasteiger partial charge in [-0.05, 0) is 12.5 Å². The maximum absolute atomic E-state index is 12.1. The van der Waals surface area contributed by atoms with Gasteiger partial charge in [0.25, 0.3) is 0 Å². The lowest BCUT2D eigenvalue weighted by Crippen LogP contribution is -2.24. The van der Waals surface area contributed by atoms with E-state index in [1.807, 2.05) is 0 Å². The van der Waals surface area contributed by atoms with Crippen LogP contribution < -0.4 is 0 Å². The summed E-state index contributed by atoms with van der Waals surface area (Å²) in [4.78, 5) is 34.9. The van der Waals surface area contributed by atoms with Gasteiger partial charge in [0, 0.05) is 11.1 Å². The lowest BCUT2D eigenvalue weighted by molar-refractivity contribution is -0.147. The molecule has 1 unspecified atom stereocenters. The van der Waals surface area contributed by atoms with E-state index in [1.54, 1.807) is 25.1 Å². The summed E-state index contributed by atoms with van der Waals surface area (Å²) in [5, 5.41) is 8.51. The highest BCUT2D eigenvalue weighted by Gasteiger charge is 2.40. The van der Waals surface area contributed by atoms with E-state index >= 15 is 0 Å². The number of ether oxygens (including phenoxy) is 1. The molecule has 0 heterocycles. The minimum absolute atomic E-state index is 0.314. The fraction of sp³-hybridized carbons (Fsp3) is 0.308. The van der Waals surface area contributed by atoms with E-state index in [9.17, 15) is 14.4 Å². The molecule has 1 aromatic rings. The average Bonchev–Trinajstić information content (AvgIpc) is 2.60. The van der Waals surface area contributed by atoms with Crippen molar-refractivity contribution in [1.29, 1.82) is 0 Å². The molecule has 2 rings (SSSR count). The summed E-state index contributed by atoms with van der Waals surface area (Å²) < 4.78 is 4.66. The maximum atomic E-state index is 12.1. The molecule has 5 nitrogen and oxygen atoms in total. The van der Waals surface area contributed by atoms with Gasteiger partial charge < -0.3 is 9.84 Å². The number of hydrogen-bond donors (Lipinski definition) is 1. The number of rotatable bonds is 3. The minimum Gasteiger partial charge on any atom is -0.463 e. The van der Waals surface area contributed by atoms with E-state index in [1.165, 1.54) is 0 Å². The van der Waals surface area contributed by atoms with E-state index in [-0.39, 0.29) is 18.2 Å². The molecule has 1 N–H and O–H groups in total. The summed E-state index contributed by atoms with van der Waals surface area (Å²) in [6, 6.07) is 5.06. The van der Waals surface area contributed by atoms with Crippen molar-refractivity contribution >= 4 is 17.5 Å². The summed E-state index contributed by atoms with van der Waals surface area (Å²) in [6.45, 7) is 0.679. The van der Waals surface area contributed by atoms with E-state index in [4.69, 9.17) is 5.11 Å². The van der Waals surface area contributed by atoms with Gasteiger partial charge in [0.05, 0.1) is 0 Å². The maximum Gasteiger partial charge on any atom is 0.331 e. The van der Waals surface area contributed by atoms with Gasteiger partial charge in [-0.15, -0.1) is 0 Å². The van der Waals surface area contributed by atoms with Gasteiger partial charge in [0.1, 0.15) is 19.1 Å². The van der Waals surface area contributed by atoms with Crippen LogP contribution in [0.25, 0.3) is 0 Å². The number of benzene rings is 1. The molecular weight excluding hydrogens is 236 g/mol. The van der Waals surface area contributed by atoms with Crippen LogP contribution in [0.15, 0.2) is 18.2 Å². The number of carbonyl (C=O) groups excluding carboxylic acids is 3. The van der Waals surface area contributed by atoms with Crippen LogP contribution in [0.2, 0.25) is 0 Å². The summed E-state index contributed by atoms with van der Waals surface area (Å²) in [7, 11) is 0. The second-order valence-electron chi connectivity index (χ2n) is 4.12. The fourth-order valence-electron chi connectivity index (χ4n) is 2.05. The smallest absolute Gasteiger partial charge is 0.331 e. The molecule has 1 aliphatic rings. The largest absolute Gasteiger partial charge is 0.463 e. The van der Waals surface area contributed by atoms with Crippen molar-refractivity contribution in [1.82, 2.24) is 0 Å². The number of hydrogen-bond acceptors (Lipinski definition) is 5. The molecule has 5 heteroatoms. The van der Waals surface area contributed by atoms with Crippen LogP contribution in [0.4, 0.5) is 0 Å². The standard InChI is InChI=1S/C13H12O5/c1-7-3-2-4-8-11(7)13(17)9(12(8)16)6-18-10(15)5-14/h2-4,9,14H,5-6H2,1H3. The van der Waals surface area contributed by atoms with Crippen LogP contribution >= 0.6 is 0 Å². The highest BCUT2D eigenvalue weighted by atomic mass is 16.5. The zero-order valence-electron chi connectivity index (χ0n) is 9.80. The van der Waals surface area contributed by atoms with Gasteiger partial charge in [-0.2, -0.15) is 0 Å². The summed E-state index contributed by atoms with van der Waals surface area (Å²) in [5.41, 5.74) is 1.53. The highest BCUT2D eigenvalue weighted by Crippen LogP contribution is 2.29. The van der Waals surface area contributed by atoms with Crippen molar-refractivity contribution in [3.05, 3.63) is 34.9 Å². The number of aryl methyl sites for hydroxylation is 1. The van der Waals surface area contributed by atoms with Gasteiger partial charge in [0.2, 0.25) is 0 Å². The molecular formula is C13H12O5. The number of Topliss-reactive ketones (excluding diaryl/α,β-unsaturated/α-hetero) is 2. The molecule has 0 amide bonds. The van der Waals surface area contributed by atoms with Crippen LogP contribution in [0.1, 0.15) is 26.3 Å². The van der Waals surface area contributed by atoms with E-state index < -0.39 is 18.5 Å².